The van der Waals surface area contributed by atoms with E-state index >= 15 is 0 Å². The zero-order chi connectivity index (χ0) is 27.9. The van der Waals surface area contributed by atoms with E-state index in [1.54, 1.807) is 29.0 Å². The Balaban J connectivity index is 1.87. The van der Waals surface area contributed by atoms with Crippen LogP contribution < -0.4 is 4.90 Å². The fourth-order valence-electron chi connectivity index (χ4n) is 6.77. The maximum atomic E-state index is 14.7. The Morgan fingerprint density at radius 2 is 1.87 bits per heavy atom. The standard InChI is InChI=1S/C29H38BrN3O5/c1-7-13-31(6)26(35)21-22-27(36)33(19(9-3)16-34)25(29(22)15-20(30)24(21)38-29)28(37)32(14-8-2)23-17(4)11-10-12-18(23)5/h7-8,10-12,19-22,24-25,34H,1-2,9,13-16H2,3-6H3/t19-,20?,21+,22-,24+,25?,29?/m0/s1. The summed E-state index contributed by atoms with van der Waals surface area (Å²) in [6, 6.07) is 4.25. The molecule has 0 saturated carbocycles. The monoisotopic (exact) mass is 587 g/mol. The van der Waals surface area contributed by atoms with Crippen LogP contribution in [-0.4, -0.2) is 88.0 Å². The number of ether oxygens (including phenoxy) is 1. The zero-order valence-electron chi connectivity index (χ0n) is 22.6. The van der Waals surface area contributed by atoms with Gasteiger partial charge in [-0.05, 0) is 37.8 Å². The van der Waals surface area contributed by atoms with Gasteiger partial charge in [-0.2, -0.15) is 0 Å². The highest BCUT2D eigenvalue weighted by Gasteiger charge is 2.77. The molecule has 7 atom stereocenters. The summed E-state index contributed by atoms with van der Waals surface area (Å²) in [6.07, 6.45) is 3.63. The van der Waals surface area contributed by atoms with E-state index < -0.39 is 35.6 Å². The van der Waals surface area contributed by atoms with Gasteiger partial charge in [-0.1, -0.05) is 53.2 Å². The van der Waals surface area contributed by atoms with Gasteiger partial charge in [0.15, 0.2) is 0 Å². The van der Waals surface area contributed by atoms with Crippen molar-refractivity contribution >= 4 is 39.3 Å². The van der Waals surface area contributed by atoms with E-state index in [1.807, 2.05) is 39.0 Å². The lowest BCUT2D eigenvalue weighted by atomic mass is 9.70. The molecule has 38 heavy (non-hydrogen) atoms. The Morgan fingerprint density at radius 1 is 1.24 bits per heavy atom. The van der Waals surface area contributed by atoms with Gasteiger partial charge < -0.3 is 24.5 Å². The molecular formula is C29H38BrN3O5. The third kappa shape index (κ3) is 4.23. The number of nitrogens with zero attached hydrogens (tertiary/aromatic N) is 3. The predicted molar refractivity (Wildman–Crippen MR) is 150 cm³/mol. The number of rotatable bonds is 10. The molecule has 3 amide bonds. The number of carbonyl (C=O) groups is 3. The lowest BCUT2D eigenvalue weighted by Crippen LogP contribution is -2.59. The molecule has 9 heteroatoms. The van der Waals surface area contributed by atoms with E-state index in [2.05, 4.69) is 29.1 Å². The SMILES string of the molecule is C=CCN(C)C(=O)[C@H]1[C@@H]2OC3(CC2Br)C(C(=O)N(CC=C)c2c(C)cccc2C)N([C@@H](CC)CO)C(=O)[C@H]13. The van der Waals surface area contributed by atoms with Gasteiger partial charge in [-0.3, -0.25) is 14.4 Å². The van der Waals surface area contributed by atoms with Crippen molar-refractivity contribution in [1.29, 1.82) is 0 Å². The summed E-state index contributed by atoms with van der Waals surface area (Å²) in [4.78, 5) is 47.1. The molecule has 1 aromatic carbocycles. The number of fused-ring (bicyclic) bond motifs is 1. The first-order chi connectivity index (χ1) is 18.1. The van der Waals surface area contributed by atoms with Crippen LogP contribution in [0.1, 0.15) is 30.9 Å². The van der Waals surface area contributed by atoms with E-state index in [0.29, 0.717) is 19.4 Å². The first-order valence-electron chi connectivity index (χ1n) is 13.2. The number of benzene rings is 1. The Labute approximate surface area is 233 Å². The number of anilines is 1. The smallest absolute Gasteiger partial charge is 0.253 e. The second kappa shape index (κ2) is 10.9. The average molecular weight is 589 g/mol. The fraction of sp³-hybridized carbons (Fsp3) is 0.552. The van der Waals surface area contributed by atoms with Crippen molar-refractivity contribution in [2.45, 2.75) is 62.2 Å². The molecule has 0 radical (unpaired) electrons. The van der Waals surface area contributed by atoms with Gasteiger partial charge in [0, 0.05) is 30.7 Å². The third-order valence-corrected chi connectivity index (χ3v) is 9.23. The number of amides is 3. The number of carbonyl (C=O) groups excluding carboxylic acids is 3. The number of hydrogen-bond acceptors (Lipinski definition) is 5. The summed E-state index contributed by atoms with van der Waals surface area (Å²) < 4.78 is 6.62. The van der Waals surface area contributed by atoms with Crippen LogP contribution in [-0.2, 0) is 19.1 Å². The molecule has 1 spiro atoms. The summed E-state index contributed by atoms with van der Waals surface area (Å²) >= 11 is 3.71. The largest absolute Gasteiger partial charge is 0.394 e. The van der Waals surface area contributed by atoms with Gasteiger partial charge >= 0.3 is 0 Å². The highest BCUT2D eigenvalue weighted by Crippen LogP contribution is 2.61. The molecular weight excluding hydrogens is 550 g/mol. The highest BCUT2D eigenvalue weighted by molar-refractivity contribution is 9.09. The molecule has 0 aliphatic carbocycles. The summed E-state index contributed by atoms with van der Waals surface area (Å²) in [5.41, 5.74) is 1.42. The minimum Gasteiger partial charge on any atom is -0.394 e. The second-order valence-electron chi connectivity index (χ2n) is 10.6. The quantitative estimate of drug-likeness (QED) is 0.336. The van der Waals surface area contributed by atoms with Crippen LogP contribution >= 0.6 is 15.9 Å². The Morgan fingerprint density at radius 3 is 2.42 bits per heavy atom. The number of aryl methyl sites for hydroxylation is 2. The second-order valence-corrected chi connectivity index (χ2v) is 11.8. The number of halogens is 1. The molecule has 8 nitrogen and oxygen atoms in total. The minimum absolute atomic E-state index is 0.199. The molecule has 0 aromatic heterocycles. The summed E-state index contributed by atoms with van der Waals surface area (Å²) in [6.45, 7) is 13.7. The van der Waals surface area contributed by atoms with Crippen LogP contribution in [0.3, 0.4) is 0 Å². The van der Waals surface area contributed by atoms with Crippen molar-refractivity contribution in [1.82, 2.24) is 9.80 Å². The van der Waals surface area contributed by atoms with E-state index in [1.165, 1.54) is 4.90 Å². The first-order valence-corrected chi connectivity index (χ1v) is 14.1. The molecule has 1 N–H and O–H groups in total. The third-order valence-electron chi connectivity index (χ3n) is 8.39. The number of para-hydroxylation sites is 1. The molecule has 1 aromatic rings. The first kappa shape index (κ1) is 28.5. The Bertz CT molecular complexity index is 1120. The summed E-state index contributed by atoms with van der Waals surface area (Å²) in [7, 11) is 1.68. The molecule has 4 rings (SSSR count). The van der Waals surface area contributed by atoms with Gasteiger partial charge in [0.1, 0.15) is 11.6 Å². The molecule has 2 bridgehead atoms. The van der Waals surface area contributed by atoms with Crippen molar-refractivity contribution < 1.29 is 24.2 Å². The molecule has 206 valence electrons. The molecule has 3 unspecified atom stereocenters. The molecule has 3 heterocycles. The fourth-order valence-corrected chi connectivity index (χ4v) is 7.72. The van der Waals surface area contributed by atoms with Crippen LogP contribution in [0.5, 0.6) is 0 Å². The van der Waals surface area contributed by atoms with E-state index in [-0.39, 0.29) is 35.7 Å². The predicted octanol–water partition coefficient (Wildman–Crippen LogP) is 2.99. The Hall–Kier alpha value is -2.49. The topological polar surface area (TPSA) is 90.4 Å². The van der Waals surface area contributed by atoms with E-state index in [9.17, 15) is 19.5 Å². The molecule has 3 saturated heterocycles. The number of hydrogen-bond donors (Lipinski definition) is 1. The van der Waals surface area contributed by atoms with Crippen molar-refractivity contribution in [3.63, 3.8) is 0 Å². The maximum absolute atomic E-state index is 14.7. The summed E-state index contributed by atoms with van der Waals surface area (Å²) in [5.74, 6) is -2.37. The number of aliphatic hydroxyl groups excluding tert-OH is 1. The van der Waals surface area contributed by atoms with Gasteiger partial charge in [-0.25, -0.2) is 0 Å². The van der Waals surface area contributed by atoms with E-state index in [0.717, 1.165) is 16.8 Å². The highest BCUT2D eigenvalue weighted by atomic mass is 79.9. The molecule has 3 aliphatic rings. The lowest BCUT2D eigenvalue weighted by Gasteiger charge is -2.39. The molecule has 3 fully saturated rings. The summed E-state index contributed by atoms with van der Waals surface area (Å²) in [5, 5.41) is 10.3. The van der Waals surface area contributed by atoms with Crippen LogP contribution in [0.4, 0.5) is 5.69 Å². The average Bonchev–Trinajstić information content (AvgIpc) is 3.47. The van der Waals surface area contributed by atoms with Gasteiger partial charge in [-0.15, -0.1) is 13.2 Å². The van der Waals surface area contributed by atoms with Gasteiger partial charge in [0.05, 0.1) is 30.6 Å². The number of alkyl halides is 1. The van der Waals surface area contributed by atoms with Crippen molar-refractivity contribution in [2.24, 2.45) is 11.8 Å². The van der Waals surface area contributed by atoms with Crippen LogP contribution in [0.2, 0.25) is 0 Å². The van der Waals surface area contributed by atoms with E-state index in [4.69, 9.17) is 4.74 Å². The van der Waals surface area contributed by atoms with Gasteiger partial charge in [0.25, 0.3) is 5.91 Å². The van der Waals surface area contributed by atoms with Crippen LogP contribution in [0, 0.1) is 25.7 Å². The van der Waals surface area contributed by atoms with Crippen LogP contribution in [0.25, 0.3) is 0 Å². The van der Waals surface area contributed by atoms with Crippen LogP contribution in [0.15, 0.2) is 43.5 Å². The minimum atomic E-state index is -1.19. The Kier molecular flexibility index (Phi) is 8.21. The van der Waals surface area contributed by atoms with Gasteiger partial charge in [0.2, 0.25) is 11.8 Å². The van der Waals surface area contributed by atoms with Crippen molar-refractivity contribution in [3.05, 3.63) is 54.6 Å². The number of likely N-dealkylation sites (tertiary alicyclic amines) is 1. The van der Waals surface area contributed by atoms with Crippen molar-refractivity contribution in [2.75, 3.05) is 31.6 Å². The number of aliphatic hydroxyl groups is 1. The lowest BCUT2D eigenvalue weighted by molar-refractivity contribution is -0.146. The van der Waals surface area contributed by atoms with Crippen molar-refractivity contribution in [3.8, 4) is 0 Å². The normalized spacial score (nSPS) is 30.2. The number of likely N-dealkylation sites (N-methyl/N-ethyl adjacent to an activating group) is 1. The zero-order valence-corrected chi connectivity index (χ0v) is 24.2. The molecule has 3 aliphatic heterocycles. The maximum Gasteiger partial charge on any atom is 0.253 e.